The molecule has 0 unspecified atom stereocenters. The van der Waals surface area contributed by atoms with Gasteiger partial charge in [0.15, 0.2) is 0 Å². The SMILES string of the molecule is CCC(CC)N(CC(C)C)C1(CN)CCN(C)CC1. The normalized spacial score (nSPS) is 20.7. The van der Waals surface area contributed by atoms with E-state index in [1.807, 2.05) is 0 Å². The Labute approximate surface area is 120 Å². The number of hydrogen-bond donors (Lipinski definition) is 1. The van der Waals surface area contributed by atoms with Crippen molar-refractivity contribution in [3.05, 3.63) is 0 Å². The molecule has 1 fully saturated rings. The molecule has 0 saturated carbocycles. The van der Waals surface area contributed by atoms with Crippen LogP contribution in [0.4, 0.5) is 0 Å². The molecule has 0 aromatic carbocycles. The van der Waals surface area contributed by atoms with E-state index in [0.29, 0.717) is 12.0 Å². The van der Waals surface area contributed by atoms with Crippen molar-refractivity contribution in [3.63, 3.8) is 0 Å². The maximum Gasteiger partial charge on any atom is 0.0359 e. The number of hydrogen-bond acceptors (Lipinski definition) is 3. The summed E-state index contributed by atoms with van der Waals surface area (Å²) in [5, 5.41) is 0. The minimum absolute atomic E-state index is 0.244. The van der Waals surface area contributed by atoms with Crippen molar-refractivity contribution < 1.29 is 0 Å². The third-order valence-electron chi connectivity index (χ3n) is 4.85. The summed E-state index contributed by atoms with van der Waals surface area (Å²) < 4.78 is 0. The molecule has 19 heavy (non-hydrogen) atoms. The highest BCUT2D eigenvalue weighted by Gasteiger charge is 2.40. The third-order valence-corrected chi connectivity index (χ3v) is 4.85. The monoisotopic (exact) mass is 269 g/mol. The van der Waals surface area contributed by atoms with Crippen LogP contribution in [0.1, 0.15) is 53.4 Å². The highest BCUT2D eigenvalue weighted by Crippen LogP contribution is 2.32. The van der Waals surface area contributed by atoms with Crippen LogP contribution in [0.5, 0.6) is 0 Å². The van der Waals surface area contributed by atoms with Crippen molar-refractivity contribution in [2.75, 3.05) is 33.2 Å². The van der Waals surface area contributed by atoms with Gasteiger partial charge in [0.25, 0.3) is 0 Å². The second kappa shape index (κ2) is 7.61. The second-order valence-electron chi connectivity index (χ2n) is 6.75. The van der Waals surface area contributed by atoms with Gasteiger partial charge in [-0.1, -0.05) is 27.7 Å². The van der Waals surface area contributed by atoms with Crippen LogP contribution in [0, 0.1) is 5.92 Å². The summed E-state index contributed by atoms with van der Waals surface area (Å²) in [7, 11) is 2.23. The quantitative estimate of drug-likeness (QED) is 0.771. The average Bonchev–Trinajstić information content (AvgIpc) is 2.40. The highest BCUT2D eigenvalue weighted by atomic mass is 15.3. The van der Waals surface area contributed by atoms with E-state index in [2.05, 4.69) is 44.5 Å². The zero-order chi connectivity index (χ0) is 14.5. The van der Waals surface area contributed by atoms with E-state index < -0.39 is 0 Å². The lowest BCUT2D eigenvalue weighted by atomic mass is 9.83. The summed E-state index contributed by atoms with van der Waals surface area (Å²) in [4.78, 5) is 5.21. The zero-order valence-corrected chi connectivity index (χ0v) is 13.8. The number of nitrogens with zero attached hydrogens (tertiary/aromatic N) is 2. The minimum atomic E-state index is 0.244. The number of rotatable bonds is 7. The number of likely N-dealkylation sites (tertiary alicyclic amines) is 1. The predicted molar refractivity (Wildman–Crippen MR) is 84.4 cm³/mol. The van der Waals surface area contributed by atoms with Gasteiger partial charge in [0.1, 0.15) is 0 Å². The molecule has 0 amide bonds. The molecule has 0 aromatic rings. The average molecular weight is 269 g/mol. The van der Waals surface area contributed by atoms with E-state index in [1.165, 1.54) is 45.3 Å². The van der Waals surface area contributed by atoms with Crippen LogP contribution in [0.3, 0.4) is 0 Å². The minimum Gasteiger partial charge on any atom is -0.329 e. The van der Waals surface area contributed by atoms with Crippen LogP contribution in [0.25, 0.3) is 0 Å². The molecule has 114 valence electrons. The Morgan fingerprint density at radius 3 is 2.05 bits per heavy atom. The first-order valence-electron chi connectivity index (χ1n) is 8.14. The van der Waals surface area contributed by atoms with E-state index in [0.717, 1.165) is 6.54 Å². The molecular weight excluding hydrogens is 234 g/mol. The molecule has 2 N–H and O–H groups in total. The van der Waals surface area contributed by atoms with E-state index >= 15 is 0 Å². The molecule has 1 rings (SSSR count). The summed E-state index contributed by atoms with van der Waals surface area (Å²) in [6.07, 6.45) is 4.92. The fraction of sp³-hybridized carbons (Fsp3) is 1.00. The summed E-state index contributed by atoms with van der Waals surface area (Å²) >= 11 is 0. The third kappa shape index (κ3) is 4.17. The van der Waals surface area contributed by atoms with Gasteiger partial charge in [-0.05, 0) is 51.7 Å². The molecule has 1 heterocycles. The highest BCUT2D eigenvalue weighted by molar-refractivity contribution is 4.98. The van der Waals surface area contributed by atoms with Gasteiger partial charge in [-0.25, -0.2) is 0 Å². The maximum absolute atomic E-state index is 6.25. The zero-order valence-electron chi connectivity index (χ0n) is 13.8. The van der Waals surface area contributed by atoms with E-state index in [9.17, 15) is 0 Å². The lowest BCUT2D eigenvalue weighted by Gasteiger charge is -2.51. The molecule has 0 aromatic heterocycles. The van der Waals surface area contributed by atoms with Gasteiger partial charge in [-0.3, -0.25) is 4.90 Å². The molecule has 1 aliphatic heterocycles. The Kier molecular flexibility index (Phi) is 6.78. The Bertz CT molecular complexity index is 240. The molecule has 0 aliphatic carbocycles. The summed E-state index contributed by atoms with van der Waals surface area (Å²) in [5.74, 6) is 0.712. The lowest BCUT2D eigenvalue weighted by molar-refractivity contribution is -0.00924. The first-order valence-corrected chi connectivity index (χ1v) is 8.14. The van der Waals surface area contributed by atoms with Gasteiger partial charge in [-0.2, -0.15) is 0 Å². The summed E-state index contributed by atoms with van der Waals surface area (Å²) in [6, 6.07) is 0.689. The van der Waals surface area contributed by atoms with Crippen molar-refractivity contribution in [3.8, 4) is 0 Å². The molecular formula is C16H35N3. The molecule has 0 spiro atoms. The smallest absolute Gasteiger partial charge is 0.0359 e. The van der Waals surface area contributed by atoms with Crippen LogP contribution in [0.15, 0.2) is 0 Å². The molecule has 1 saturated heterocycles. The molecule has 0 atom stereocenters. The van der Waals surface area contributed by atoms with Crippen LogP contribution in [0.2, 0.25) is 0 Å². The van der Waals surface area contributed by atoms with Crippen LogP contribution >= 0.6 is 0 Å². The Hall–Kier alpha value is -0.120. The van der Waals surface area contributed by atoms with Crippen molar-refractivity contribution in [1.82, 2.24) is 9.80 Å². The summed E-state index contributed by atoms with van der Waals surface area (Å²) in [5.41, 5.74) is 6.49. The maximum atomic E-state index is 6.25. The van der Waals surface area contributed by atoms with E-state index in [-0.39, 0.29) is 5.54 Å². The van der Waals surface area contributed by atoms with Crippen LogP contribution < -0.4 is 5.73 Å². The fourth-order valence-electron chi connectivity index (χ4n) is 3.50. The van der Waals surface area contributed by atoms with Gasteiger partial charge >= 0.3 is 0 Å². The molecule has 1 aliphatic rings. The standard InChI is InChI=1S/C16H35N3/c1-6-15(7-2)19(12-14(3)4)16(13-17)8-10-18(5)11-9-16/h14-15H,6-13,17H2,1-5H3. The van der Waals surface area contributed by atoms with Crippen molar-refractivity contribution >= 4 is 0 Å². The second-order valence-corrected chi connectivity index (χ2v) is 6.75. The van der Waals surface area contributed by atoms with Crippen molar-refractivity contribution in [2.45, 2.75) is 65.0 Å². The fourth-order valence-corrected chi connectivity index (χ4v) is 3.50. The van der Waals surface area contributed by atoms with Gasteiger partial charge in [-0.15, -0.1) is 0 Å². The first kappa shape index (κ1) is 16.9. The van der Waals surface area contributed by atoms with E-state index in [1.54, 1.807) is 0 Å². The van der Waals surface area contributed by atoms with Crippen molar-refractivity contribution in [2.24, 2.45) is 11.7 Å². The largest absolute Gasteiger partial charge is 0.329 e. The number of piperidine rings is 1. The summed E-state index contributed by atoms with van der Waals surface area (Å²) in [6.45, 7) is 13.7. The van der Waals surface area contributed by atoms with Crippen LogP contribution in [-0.4, -0.2) is 54.6 Å². The Morgan fingerprint density at radius 1 is 1.16 bits per heavy atom. The Morgan fingerprint density at radius 2 is 1.68 bits per heavy atom. The van der Waals surface area contributed by atoms with Gasteiger partial charge in [0, 0.05) is 24.7 Å². The Balaban J connectivity index is 2.91. The van der Waals surface area contributed by atoms with E-state index in [4.69, 9.17) is 5.73 Å². The van der Waals surface area contributed by atoms with Gasteiger partial charge < -0.3 is 10.6 Å². The predicted octanol–water partition coefficient (Wildman–Crippen LogP) is 2.56. The van der Waals surface area contributed by atoms with Crippen molar-refractivity contribution in [1.29, 1.82) is 0 Å². The van der Waals surface area contributed by atoms with Gasteiger partial charge in [0.05, 0.1) is 0 Å². The lowest BCUT2D eigenvalue weighted by Crippen LogP contribution is -2.62. The first-order chi connectivity index (χ1) is 8.99. The number of nitrogens with two attached hydrogens (primary N) is 1. The molecule has 3 heteroatoms. The molecule has 0 radical (unpaired) electrons. The topological polar surface area (TPSA) is 32.5 Å². The molecule has 0 bridgehead atoms. The van der Waals surface area contributed by atoms with Crippen LogP contribution in [-0.2, 0) is 0 Å². The van der Waals surface area contributed by atoms with Gasteiger partial charge in [0.2, 0.25) is 0 Å². The molecule has 3 nitrogen and oxygen atoms in total.